The summed E-state index contributed by atoms with van der Waals surface area (Å²) in [7, 11) is 0. The lowest BCUT2D eigenvalue weighted by Crippen LogP contribution is -2.47. The van der Waals surface area contributed by atoms with Crippen molar-refractivity contribution in [3.8, 4) is 0 Å². The second-order valence-electron chi connectivity index (χ2n) is 6.69. The molecule has 2 aliphatic rings. The minimum Gasteiger partial charge on any atom is -0.369 e. The van der Waals surface area contributed by atoms with Crippen molar-refractivity contribution in [2.45, 2.75) is 44.6 Å². The molecule has 3 rings (SSSR count). The number of amides is 1. The first kappa shape index (κ1) is 16.2. The average Bonchev–Trinajstić information content (AvgIpc) is 2.62. The second kappa shape index (κ2) is 8.29. The molecule has 5 heteroatoms. The largest absolute Gasteiger partial charge is 0.369 e. The van der Waals surface area contributed by atoms with Gasteiger partial charge in [0.1, 0.15) is 0 Å². The Bertz CT molecular complexity index is 479. The molecular formula is C18H28N4O. The number of anilines is 1. The normalized spacial score (nSPS) is 20.4. The Kier molecular flexibility index (Phi) is 5.86. The van der Waals surface area contributed by atoms with Gasteiger partial charge < -0.3 is 10.2 Å². The maximum atomic E-state index is 12.1. The number of aromatic nitrogens is 1. The van der Waals surface area contributed by atoms with Crippen LogP contribution in [-0.2, 0) is 4.79 Å². The van der Waals surface area contributed by atoms with Crippen LogP contribution in [0.15, 0.2) is 24.5 Å². The lowest BCUT2D eigenvalue weighted by Gasteiger charge is -2.36. The van der Waals surface area contributed by atoms with Crippen LogP contribution in [0.1, 0.15) is 38.5 Å². The lowest BCUT2D eigenvalue weighted by molar-refractivity contribution is -0.122. The topological polar surface area (TPSA) is 48.5 Å². The molecule has 2 heterocycles. The van der Waals surface area contributed by atoms with E-state index in [2.05, 4.69) is 32.2 Å². The average molecular weight is 316 g/mol. The number of hydrogen-bond acceptors (Lipinski definition) is 4. The summed E-state index contributed by atoms with van der Waals surface area (Å²) in [5.41, 5.74) is 1.25. The minimum absolute atomic E-state index is 0.230. The van der Waals surface area contributed by atoms with E-state index in [4.69, 9.17) is 0 Å². The highest BCUT2D eigenvalue weighted by atomic mass is 16.1. The molecule has 1 saturated heterocycles. The van der Waals surface area contributed by atoms with Crippen LogP contribution in [0.4, 0.5) is 5.69 Å². The number of nitrogens with one attached hydrogen (secondary N) is 1. The van der Waals surface area contributed by atoms with Crippen molar-refractivity contribution in [2.24, 2.45) is 0 Å². The summed E-state index contributed by atoms with van der Waals surface area (Å²) in [6, 6.07) is 4.56. The maximum Gasteiger partial charge on any atom is 0.221 e. The van der Waals surface area contributed by atoms with Crippen LogP contribution in [-0.4, -0.2) is 54.6 Å². The minimum atomic E-state index is 0.230. The van der Waals surface area contributed by atoms with Crippen molar-refractivity contribution in [3.63, 3.8) is 0 Å². The zero-order valence-corrected chi connectivity index (χ0v) is 13.9. The van der Waals surface area contributed by atoms with E-state index in [0.29, 0.717) is 12.5 Å². The van der Waals surface area contributed by atoms with E-state index in [1.54, 1.807) is 0 Å². The summed E-state index contributed by atoms with van der Waals surface area (Å²) in [6.45, 7) is 4.98. The number of hydrogen-bond donors (Lipinski definition) is 1. The molecule has 1 N–H and O–H groups in total. The van der Waals surface area contributed by atoms with Gasteiger partial charge in [0.2, 0.25) is 5.91 Å². The number of carbonyl (C=O) groups excluding carboxylic acids is 1. The number of carbonyl (C=O) groups is 1. The Morgan fingerprint density at radius 2 is 1.78 bits per heavy atom. The lowest BCUT2D eigenvalue weighted by atomic mass is 9.95. The van der Waals surface area contributed by atoms with Crippen LogP contribution < -0.4 is 10.2 Å². The van der Waals surface area contributed by atoms with E-state index >= 15 is 0 Å². The first-order valence-electron chi connectivity index (χ1n) is 8.98. The highest BCUT2D eigenvalue weighted by Gasteiger charge is 2.19. The van der Waals surface area contributed by atoms with Gasteiger partial charge in [-0.25, -0.2) is 0 Å². The predicted molar refractivity (Wildman–Crippen MR) is 92.5 cm³/mol. The fourth-order valence-corrected chi connectivity index (χ4v) is 3.59. The third kappa shape index (κ3) is 4.93. The summed E-state index contributed by atoms with van der Waals surface area (Å²) in [5.74, 6) is 0.230. The quantitative estimate of drug-likeness (QED) is 0.903. The van der Waals surface area contributed by atoms with Crippen LogP contribution in [0, 0.1) is 0 Å². The molecule has 0 spiro atoms. The predicted octanol–water partition coefficient (Wildman–Crippen LogP) is 2.04. The van der Waals surface area contributed by atoms with Crippen LogP contribution in [0.5, 0.6) is 0 Å². The molecule has 1 aromatic rings. The Morgan fingerprint density at radius 3 is 2.48 bits per heavy atom. The summed E-state index contributed by atoms with van der Waals surface area (Å²) >= 11 is 0. The van der Waals surface area contributed by atoms with Gasteiger partial charge in [0.15, 0.2) is 0 Å². The standard InChI is InChI=1S/C18H28N4O/c23-18(20-16-4-2-1-3-5-16)8-11-21-12-14-22(15-13-21)17-6-9-19-10-7-17/h6-7,9-10,16H,1-5,8,11-15H2,(H,20,23). The van der Waals surface area contributed by atoms with Crippen molar-refractivity contribution < 1.29 is 4.79 Å². The molecule has 2 fully saturated rings. The van der Waals surface area contributed by atoms with Crippen molar-refractivity contribution in [2.75, 3.05) is 37.6 Å². The van der Waals surface area contributed by atoms with Gasteiger partial charge in [0, 0.05) is 63.3 Å². The Morgan fingerprint density at radius 1 is 1.09 bits per heavy atom. The highest BCUT2D eigenvalue weighted by Crippen LogP contribution is 2.17. The van der Waals surface area contributed by atoms with Crippen molar-refractivity contribution in [1.82, 2.24) is 15.2 Å². The van der Waals surface area contributed by atoms with Gasteiger partial charge in [0.25, 0.3) is 0 Å². The molecule has 1 aliphatic heterocycles. The SMILES string of the molecule is O=C(CCN1CCN(c2ccncc2)CC1)NC1CCCCC1. The first-order valence-corrected chi connectivity index (χ1v) is 8.98. The second-order valence-corrected chi connectivity index (χ2v) is 6.69. The summed E-state index contributed by atoms with van der Waals surface area (Å²) < 4.78 is 0. The van der Waals surface area contributed by atoms with Gasteiger partial charge in [-0.05, 0) is 25.0 Å². The Hall–Kier alpha value is -1.62. The van der Waals surface area contributed by atoms with E-state index in [1.165, 1.54) is 24.9 Å². The van der Waals surface area contributed by atoms with Crippen LogP contribution in [0.25, 0.3) is 0 Å². The fourth-order valence-electron chi connectivity index (χ4n) is 3.59. The Balaban J connectivity index is 1.35. The summed E-state index contributed by atoms with van der Waals surface area (Å²) in [6.07, 6.45) is 10.5. The fraction of sp³-hybridized carbons (Fsp3) is 0.667. The van der Waals surface area contributed by atoms with Crippen molar-refractivity contribution in [3.05, 3.63) is 24.5 Å². The van der Waals surface area contributed by atoms with Crippen LogP contribution >= 0.6 is 0 Å². The van der Waals surface area contributed by atoms with Gasteiger partial charge in [0.05, 0.1) is 0 Å². The molecule has 23 heavy (non-hydrogen) atoms. The molecule has 1 aliphatic carbocycles. The molecule has 1 saturated carbocycles. The smallest absolute Gasteiger partial charge is 0.221 e. The van der Waals surface area contributed by atoms with E-state index in [1.807, 2.05) is 12.4 Å². The maximum absolute atomic E-state index is 12.1. The molecule has 0 atom stereocenters. The van der Waals surface area contributed by atoms with Crippen LogP contribution in [0.2, 0.25) is 0 Å². The van der Waals surface area contributed by atoms with E-state index < -0.39 is 0 Å². The summed E-state index contributed by atoms with van der Waals surface area (Å²) in [4.78, 5) is 20.9. The molecule has 0 radical (unpaired) electrons. The van der Waals surface area contributed by atoms with E-state index in [-0.39, 0.29) is 5.91 Å². The van der Waals surface area contributed by atoms with Gasteiger partial charge in [-0.2, -0.15) is 0 Å². The van der Waals surface area contributed by atoms with Gasteiger partial charge in [-0.15, -0.1) is 0 Å². The first-order chi connectivity index (χ1) is 11.3. The molecule has 5 nitrogen and oxygen atoms in total. The van der Waals surface area contributed by atoms with Crippen molar-refractivity contribution in [1.29, 1.82) is 0 Å². The molecule has 126 valence electrons. The third-order valence-corrected chi connectivity index (χ3v) is 5.03. The Labute approximate surface area is 139 Å². The van der Waals surface area contributed by atoms with Gasteiger partial charge in [-0.1, -0.05) is 19.3 Å². The molecule has 0 aromatic carbocycles. The highest BCUT2D eigenvalue weighted by molar-refractivity contribution is 5.76. The molecular weight excluding hydrogens is 288 g/mol. The third-order valence-electron chi connectivity index (χ3n) is 5.03. The van der Waals surface area contributed by atoms with Crippen molar-refractivity contribution >= 4 is 11.6 Å². The van der Waals surface area contributed by atoms with Crippen LogP contribution in [0.3, 0.4) is 0 Å². The van der Waals surface area contributed by atoms with Gasteiger partial charge >= 0.3 is 0 Å². The molecule has 0 bridgehead atoms. The monoisotopic (exact) mass is 316 g/mol. The zero-order valence-electron chi connectivity index (χ0n) is 13.9. The number of nitrogens with zero attached hydrogens (tertiary/aromatic N) is 3. The molecule has 1 amide bonds. The zero-order chi connectivity index (χ0) is 15.9. The number of rotatable bonds is 5. The van der Waals surface area contributed by atoms with E-state index in [9.17, 15) is 4.79 Å². The summed E-state index contributed by atoms with van der Waals surface area (Å²) in [5, 5.41) is 3.21. The van der Waals surface area contributed by atoms with Gasteiger partial charge in [-0.3, -0.25) is 14.7 Å². The molecule has 1 aromatic heterocycles. The number of pyridine rings is 1. The van der Waals surface area contributed by atoms with E-state index in [0.717, 1.165) is 45.6 Å². The number of piperazine rings is 1. The molecule has 0 unspecified atom stereocenters.